The van der Waals surface area contributed by atoms with E-state index < -0.39 is 0 Å². The molecule has 0 saturated carbocycles. The van der Waals surface area contributed by atoms with Crippen LogP contribution >= 0.6 is 0 Å². The number of aliphatic hydroxyl groups excluding tert-OH is 1. The molecule has 0 saturated heterocycles. The van der Waals surface area contributed by atoms with Crippen LogP contribution in [-0.4, -0.2) is 36.5 Å². The number of aliphatic hydroxyl groups is 1. The second-order valence-electron chi connectivity index (χ2n) is 4.53. The van der Waals surface area contributed by atoms with E-state index in [1.165, 1.54) is 0 Å². The first-order chi connectivity index (χ1) is 7.08. The fourth-order valence-corrected chi connectivity index (χ4v) is 1.63. The molecule has 0 aliphatic heterocycles. The van der Waals surface area contributed by atoms with Gasteiger partial charge in [-0.3, -0.25) is 0 Å². The van der Waals surface area contributed by atoms with Crippen LogP contribution in [-0.2, 0) is 4.74 Å². The Morgan fingerprint density at radius 3 is 2.47 bits per heavy atom. The summed E-state index contributed by atoms with van der Waals surface area (Å²) in [7, 11) is 0. The van der Waals surface area contributed by atoms with Crippen LogP contribution < -0.4 is 5.32 Å². The van der Waals surface area contributed by atoms with Crippen LogP contribution in [0.25, 0.3) is 0 Å². The summed E-state index contributed by atoms with van der Waals surface area (Å²) in [5.74, 6) is 0. The molecule has 0 aliphatic rings. The van der Waals surface area contributed by atoms with Crippen LogP contribution in [0.5, 0.6) is 0 Å². The first kappa shape index (κ1) is 14.9. The maximum atomic E-state index is 9.37. The number of ether oxygens (including phenoxy) is 1. The summed E-state index contributed by atoms with van der Waals surface area (Å²) in [6.07, 6.45) is 3.18. The SMILES string of the molecule is CCCNC(C)(CO)CC(C)OCCC. The minimum Gasteiger partial charge on any atom is -0.394 e. The van der Waals surface area contributed by atoms with Crippen LogP contribution in [0.1, 0.15) is 47.0 Å². The number of nitrogens with one attached hydrogen (secondary N) is 1. The van der Waals surface area contributed by atoms with E-state index in [1.807, 2.05) is 0 Å². The fourth-order valence-electron chi connectivity index (χ4n) is 1.63. The summed E-state index contributed by atoms with van der Waals surface area (Å²) in [5.41, 5.74) is -0.205. The highest BCUT2D eigenvalue weighted by Gasteiger charge is 2.25. The highest BCUT2D eigenvalue weighted by Crippen LogP contribution is 2.14. The zero-order chi connectivity index (χ0) is 11.7. The van der Waals surface area contributed by atoms with Gasteiger partial charge in [-0.1, -0.05) is 13.8 Å². The third kappa shape index (κ3) is 6.88. The smallest absolute Gasteiger partial charge is 0.0611 e. The Morgan fingerprint density at radius 2 is 2.00 bits per heavy atom. The lowest BCUT2D eigenvalue weighted by atomic mass is 9.95. The van der Waals surface area contributed by atoms with E-state index in [1.54, 1.807) is 0 Å². The number of rotatable bonds is 9. The van der Waals surface area contributed by atoms with Gasteiger partial charge in [-0.2, -0.15) is 0 Å². The van der Waals surface area contributed by atoms with E-state index >= 15 is 0 Å². The van der Waals surface area contributed by atoms with Gasteiger partial charge in [0.2, 0.25) is 0 Å². The lowest BCUT2D eigenvalue weighted by Crippen LogP contribution is -2.48. The molecule has 0 aliphatic carbocycles. The molecule has 3 nitrogen and oxygen atoms in total. The first-order valence-electron chi connectivity index (χ1n) is 6.05. The zero-order valence-electron chi connectivity index (χ0n) is 10.7. The molecule has 0 aromatic carbocycles. The van der Waals surface area contributed by atoms with Crippen molar-refractivity contribution in [2.45, 2.75) is 58.6 Å². The molecule has 0 fully saturated rings. The van der Waals surface area contributed by atoms with Crippen LogP contribution in [0.3, 0.4) is 0 Å². The lowest BCUT2D eigenvalue weighted by molar-refractivity contribution is 0.0285. The van der Waals surface area contributed by atoms with Crippen molar-refractivity contribution in [3.63, 3.8) is 0 Å². The van der Waals surface area contributed by atoms with Gasteiger partial charge in [-0.15, -0.1) is 0 Å². The number of hydrogen-bond acceptors (Lipinski definition) is 3. The van der Waals surface area contributed by atoms with Gasteiger partial charge in [-0.05, 0) is 39.7 Å². The van der Waals surface area contributed by atoms with Gasteiger partial charge in [0.25, 0.3) is 0 Å². The van der Waals surface area contributed by atoms with Gasteiger partial charge < -0.3 is 15.2 Å². The van der Waals surface area contributed by atoms with E-state index in [0.717, 1.165) is 32.4 Å². The van der Waals surface area contributed by atoms with Crippen molar-refractivity contribution >= 4 is 0 Å². The van der Waals surface area contributed by atoms with Gasteiger partial charge in [0.15, 0.2) is 0 Å². The van der Waals surface area contributed by atoms with Crippen LogP contribution in [0.2, 0.25) is 0 Å². The van der Waals surface area contributed by atoms with Gasteiger partial charge in [-0.25, -0.2) is 0 Å². The Morgan fingerprint density at radius 1 is 1.33 bits per heavy atom. The highest BCUT2D eigenvalue weighted by atomic mass is 16.5. The average Bonchev–Trinajstić information content (AvgIpc) is 2.23. The average molecular weight is 217 g/mol. The summed E-state index contributed by atoms with van der Waals surface area (Å²) in [6, 6.07) is 0. The summed E-state index contributed by atoms with van der Waals surface area (Å²) >= 11 is 0. The van der Waals surface area contributed by atoms with Crippen LogP contribution in [0, 0.1) is 0 Å². The van der Waals surface area contributed by atoms with Crippen molar-refractivity contribution in [1.82, 2.24) is 5.32 Å². The number of hydrogen-bond donors (Lipinski definition) is 2. The third-order valence-electron chi connectivity index (χ3n) is 2.50. The molecule has 3 heteroatoms. The van der Waals surface area contributed by atoms with Gasteiger partial charge in [0.05, 0.1) is 12.7 Å². The van der Waals surface area contributed by atoms with Crippen LogP contribution in [0.4, 0.5) is 0 Å². The van der Waals surface area contributed by atoms with E-state index in [0.29, 0.717) is 0 Å². The Hall–Kier alpha value is -0.120. The third-order valence-corrected chi connectivity index (χ3v) is 2.50. The molecule has 2 atom stereocenters. The molecular formula is C12H27NO2. The fraction of sp³-hybridized carbons (Fsp3) is 1.00. The molecule has 0 aromatic rings. The quantitative estimate of drug-likeness (QED) is 0.620. The minimum atomic E-state index is -0.205. The predicted molar refractivity (Wildman–Crippen MR) is 64.1 cm³/mol. The molecule has 15 heavy (non-hydrogen) atoms. The molecule has 0 radical (unpaired) electrons. The zero-order valence-corrected chi connectivity index (χ0v) is 10.7. The Kier molecular flexibility index (Phi) is 8.02. The van der Waals surface area contributed by atoms with Gasteiger partial charge in [0.1, 0.15) is 0 Å². The first-order valence-corrected chi connectivity index (χ1v) is 6.05. The monoisotopic (exact) mass is 217 g/mol. The van der Waals surface area contributed by atoms with E-state index in [4.69, 9.17) is 4.74 Å². The van der Waals surface area contributed by atoms with E-state index in [9.17, 15) is 5.11 Å². The van der Waals surface area contributed by atoms with Crippen molar-refractivity contribution < 1.29 is 9.84 Å². The maximum absolute atomic E-state index is 9.37. The Balaban J connectivity index is 3.93. The largest absolute Gasteiger partial charge is 0.394 e. The molecule has 2 unspecified atom stereocenters. The van der Waals surface area contributed by atoms with Crippen molar-refractivity contribution in [2.75, 3.05) is 19.8 Å². The summed E-state index contributed by atoms with van der Waals surface area (Å²) < 4.78 is 5.62. The Labute approximate surface area is 94.2 Å². The summed E-state index contributed by atoms with van der Waals surface area (Å²) in [5, 5.41) is 12.7. The van der Waals surface area contributed by atoms with E-state index in [2.05, 4.69) is 33.0 Å². The molecular weight excluding hydrogens is 190 g/mol. The minimum absolute atomic E-state index is 0.160. The molecule has 2 N–H and O–H groups in total. The lowest BCUT2D eigenvalue weighted by Gasteiger charge is -2.31. The highest BCUT2D eigenvalue weighted by molar-refractivity contribution is 4.84. The normalized spacial score (nSPS) is 17.4. The van der Waals surface area contributed by atoms with Gasteiger partial charge in [0, 0.05) is 12.1 Å². The molecule has 0 bridgehead atoms. The molecule has 0 rings (SSSR count). The topological polar surface area (TPSA) is 41.5 Å². The van der Waals surface area contributed by atoms with Gasteiger partial charge >= 0.3 is 0 Å². The maximum Gasteiger partial charge on any atom is 0.0611 e. The molecule has 0 spiro atoms. The Bertz CT molecular complexity index is 153. The molecule has 0 aromatic heterocycles. The van der Waals surface area contributed by atoms with Crippen molar-refractivity contribution in [3.05, 3.63) is 0 Å². The molecule has 92 valence electrons. The second-order valence-corrected chi connectivity index (χ2v) is 4.53. The molecule has 0 amide bonds. The standard InChI is InChI=1S/C12H27NO2/c1-5-7-13-12(4,10-14)9-11(3)15-8-6-2/h11,13-14H,5-10H2,1-4H3. The van der Waals surface area contributed by atoms with E-state index in [-0.39, 0.29) is 18.2 Å². The molecule has 0 heterocycles. The summed E-state index contributed by atoms with van der Waals surface area (Å²) in [6.45, 7) is 10.3. The predicted octanol–water partition coefficient (Wildman–Crippen LogP) is 1.94. The second kappa shape index (κ2) is 8.08. The summed E-state index contributed by atoms with van der Waals surface area (Å²) in [4.78, 5) is 0. The van der Waals surface area contributed by atoms with Crippen molar-refractivity contribution in [3.8, 4) is 0 Å². The van der Waals surface area contributed by atoms with Crippen LogP contribution in [0.15, 0.2) is 0 Å². The van der Waals surface area contributed by atoms with Crippen molar-refractivity contribution in [2.24, 2.45) is 0 Å². The van der Waals surface area contributed by atoms with Crippen molar-refractivity contribution in [1.29, 1.82) is 0 Å².